The molecule has 1 fully saturated rings. The molecule has 0 aliphatic carbocycles. The molecule has 1 aliphatic rings. The van der Waals surface area contributed by atoms with Crippen molar-refractivity contribution >= 4 is 48.1 Å². The maximum Gasteiger partial charge on any atom is 0.264 e. The Morgan fingerprint density at radius 1 is 1.29 bits per heavy atom. The monoisotopic (exact) mass is 316 g/mol. The fraction of sp³-hybridized carbons (Fsp3) is 0.312. The summed E-state index contributed by atoms with van der Waals surface area (Å²) < 4.78 is 3.78. The second kappa shape index (κ2) is 5.09. The zero-order valence-corrected chi connectivity index (χ0v) is 13.4. The number of hydrogen-bond acceptors (Lipinski definition) is 4. The summed E-state index contributed by atoms with van der Waals surface area (Å²) in [4.78, 5) is 15.6. The number of carbonyl (C=O) groups is 1. The third-order valence-electron chi connectivity index (χ3n) is 4.02. The molecule has 1 saturated heterocycles. The van der Waals surface area contributed by atoms with Gasteiger partial charge >= 0.3 is 0 Å². The van der Waals surface area contributed by atoms with Gasteiger partial charge in [0.25, 0.3) is 5.91 Å². The van der Waals surface area contributed by atoms with Crippen molar-refractivity contribution in [2.24, 2.45) is 0 Å². The van der Waals surface area contributed by atoms with Crippen molar-refractivity contribution in [3.8, 4) is 0 Å². The fourth-order valence-corrected chi connectivity index (χ4v) is 5.37. The average molecular weight is 316 g/mol. The topological polar surface area (TPSA) is 32.3 Å². The highest BCUT2D eigenvalue weighted by molar-refractivity contribution is 7.33. The highest BCUT2D eigenvalue weighted by Gasteiger charge is 2.25. The van der Waals surface area contributed by atoms with Crippen LogP contribution in [0.3, 0.4) is 0 Å². The van der Waals surface area contributed by atoms with Crippen molar-refractivity contribution < 1.29 is 4.79 Å². The van der Waals surface area contributed by atoms with Crippen LogP contribution in [0.5, 0.6) is 0 Å². The second-order valence-electron chi connectivity index (χ2n) is 5.45. The van der Waals surface area contributed by atoms with Gasteiger partial charge in [-0.15, -0.1) is 22.7 Å². The molecule has 1 aliphatic heterocycles. The van der Waals surface area contributed by atoms with Crippen molar-refractivity contribution in [3.63, 3.8) is 0 Å². The number of benzene rings is 1. The van der Waals surface area contributed by atoms with E-state index in [1.54, 1.807) is 22.7 Å². The summed E-state index contributed by atoms with van der Waals surface area (Å²) >= 11 is 3.41. The molecule has 1 atom stereocenters. The molecule has 3 nitrogen and oxygen atoms in total. The Balaban J connectivity index is 1.74. The summed E-state index contributed by atoms with van der Waals surface area (Å²) in [7, 11) is 0. The predicted octanol–water partition coefficient (Wildman–Crippen LogP) is 3.55. The number of thiophene rings is 2. The fourth-order valence-electron chi connectivity index (χ4n) is 2.89. The zero-order chi connectivity index (χ0) is 14.4. The second-order valence-corrected chi connectivity index (χ2v) is 7.59. The molecule has 4 rings (SSSR count). The summed E-state index contributed by atoms with van der Waals surface area (Å²) in [6.45, 7) is 4.68. The summed E-state index contributed by atoms with van der Waals surface area (Å²) in [5.41, 5.74) is 0. The van der Waals surface area contributed by atoms with Gasteiger partial charge < -0.3 is 10.2 Å². The Labute approximate surface area is 131 Å². The molecule has 21 heavy (non-hydrogen) atoms. The lowest BCUT2D eigenvalue weighted by Gasteiger charge is -2.33. The van der Waals surface area contributed by atoms with Crippen molar-refractivity contribution in [2.75, 3.05) is 19.6 Å². The van der Waals surface area contributed by atoms with E-state index in [1.807, 2.05) is 4.90 Å². The predicted molar refractivity (Wildman–Crippen MR) is 90.6 cm³/mol. The van der Waals surface area contributed by atoms with Crippen LogP contribution in [0.1, 0.15) is 16.6 Å². The highest BCUT2D eigenvalue weighted by Crippen LogP contribution is 2.39. The van der Waals surface area contributed by atoms with Crippen LogP contribution in [-0.4, -0.2) is 36.5 Å². The van der Waals surface area contributed by atoms with Crippen molar-refractivity contribution in [2.45, 2.75) is 13.0 Å². The average Bonchev–Trinajstić information content (AvgIpc) is 3.04. The number of carbonyl (C=O) groups excluding carboxylic acids is 1. The van der Waals surface area contributed by atoms with E-state index in [0.29, 0.717) is 0 Å². The molecule has 2 aromatic heterocycles. The molecule has 1 N–H and O–H groups in total. The molecule has 1 aromatic carbocycles. The van der Waals surface area contributed by atoms with Gasteiger partial charge in [0.1, 0.15) is 0 Å². The first-order valence-electron chi connectivity index (χ1n) is 7.17. The van der Waals surface area contributed by atoms with Crippen LogP contribution < -0.4 is 5.32 Å². The Hall–Kier alpha value is -1.43. The van der Waals surface area contributed by atoms with Crippen LogP contribution in [0.2, 0.25) is 0 Å². The molecular formula is C16H16N2OS2. The summed E-state index contributed by atoms with van der Waals surface area (Å²) in [5.74, 6) is 0.182. The number of fused-ring (bicyclic) bond motifs is 3. The van der Waals surface area contributed by atoms with Gasteiger partial charge in [0.2, 0.25) is 0 Å². The normalized spacial score (nSPS) is 19.5. The standard InChI is InChI=1S/C16H16N2OS2/c1-10-9-17-6-7-18(10)16(19)14-8-13-15(21-14)11-4-2-3-5-12(11)20-13/h2-5,8,10,17H,6-7,9H2,1H3/t10-/m0/s1. The van der Waals surface area contributed by atoms with Crippen molar-refractivity contribution in [1.29, 1.82) is 0 Å². The molecule has 0 bridgehead atoms. The van der Waals surface area contributed by atoms with Crippen LogP contribution in [0.15, 0.2) is 30.3 Å². The quantitative estimate of drug-likeness (QED) is 0.744. The lowest BCUT2D eigenvalue weighted by atomic mass is 10.2. The van der Waals surface area contributed by atoms with E-state index in [-0.39, 0.29) is 11.9 Å². The third-order valence-corrected chi connectivity index (χ3v) is 6.43. The summed E-state index contributed by atoms with van der Waals surface area (Å²) in [6.07, 6.45) is 0. The molecule has 0 radical (unpaired) electrons. The number of piperazine rings is 1. The minimum atomic E-state index is 0.182. The van der Waals surface area contributed by atoms with Gasteiger partial charge in [-0.2, -0.15) is 0 Å². The van der Waals surface area contributed by atoms with Gasteiger partial charge in [0, 0.05) is 40.5 Å². The first kappa shape index (κ1) is 13.2. The van der Waals surface area contributed by atoms with Gasteiger partial charge in [-0.3, -0.25) is 4.79 Å². The van der Waals surface area contributed by atoms with Crippen LogP contribution >= 0.6 is 22.7 Å². The molecule has 0 unspecified atom stereocenters. The minimum absolute atomic E-state index is 0.182. The van der Waals surface area contributed by atoms with Crippen LogP contribution in [0.25, 0.3) is 19.5 Å². The summed E-state index contributed by atoms with van der Waals surface area (Å²) in [5, 5.41) is 4.60. The third kappa shape index (κ3) is 2.16. The molecule has 3 heterocycles. The lowest BCUT2D eigenvalue weighted by Crippen LogP contribution is -2.52. The lowest BCUT2D eigenvalue weighted by molar-refractivity contribution is 0.0661. The Kier molecular flexibility index (Phi) is 3.21. The van der Waals surface area contributed by atoms with Gasteiger partial charge in [-0.05, 0) is 19.1 Å². The minimum Gasteiger partial charge on any atom is -0.333 e. The number of nitrogens with zero attached hydrogens (tertiary/aromatic N) is 1. The van der Waals surface area contributed by atoms with Crippen molar-refractivity contribution in [1.82, 2.24) is 10.2 Å². The molecule has 1 amide bonds. The Bertz CT molecular complexity index is 820. The number of amides is 1. The summed E-state index contributed by atoms with van der Waals surface area (Å²) in [6, 6.07) is 10.8. The van der Waals surface area contributed by atoms with E-state index in [4.69, 9.17) is 0 Å². The first-order valence-corrected chi connectivity index (χ1v) is 8.80. The first-order chi connectivity index (χ1) is 10.2. The van der Waals surface area contributed by atoms with Gasteiger partial charge in [-0.25, -0.2) is 0 Å². The SMILES string of the molecule is C[C@H]1CNCCN1C(=O)c1cc2sc3ccccc3c2s1. The number of hydrogen-bond donors (Lipinski definition) is 1. The number of rotatable bonds is 1. The van der Waals surface area contributed by atoms with Gasteiger partial charge in [0.05, 0.1) is 9.58 Å². The van der Waals surface area contributed by atoms with E-state index in [1.165, 1.54) is 19.5 Å². The maximum atomic E-state index is 12.7. The van der Waals surface area contributed by atoms with E-state index in [0.717, 1.165) is 24.5 Å². The van der Waals surface area contributed by atoms with Gasteiger partial charge in [-0.1, -0.05) is 18.2 Å². The van der Waals surface area contributed by atoms with Crippen LogP contribution in [-0.2, 0) is 0 Å². The highest BCUT2D eigenvalue weighted by atomic mass is 32.1. The van der Waals surface area contributed by atoms with E-state index in [9.17, 15) is 4.79 Å². The number of nitrogens with one attached hydrogen (secondary N) is 1. The molecule has 3 aromatic rings. The Morgan fingerprint density at radius 3 is 3.00 bits per heavy atom. The van der Waals surface area contributed by atoms with E-state index < -0.39 is 0 Å². The molecule has 0 saturated carbocycles. The van der Waals surface area contributed by atoms with E-state index >= 15 is 0 Å². The Morgan fingerprint density at radius 2 is 2.14 bits per heavy atom. The zero-order valence-electron chi connectivity index (χ0n) is 11.8. The van der Waals surface area contributed by atoms with Crippen LogP contribution in [0, 0.1) is 0 Å². The van der Waals surface area contributed by atoms with E-state index in [2.05, 4.69) is 42.6 Å². The molecule has 0 spiro atoms. The van der Waals surface area contributed by atoms with Crippen molar-refractivity contribution in [3.05, 3.63) is 35.2 Å². The van der Waals surface area contributed by atoms with Crippen LogP contribution in [0.4, 0.5) is 0 Å². The largest absolute Gasteiger partial charge is 0.333 e. The smallest absolute Gasteiger partial charge is 0.264 e. The van der Waals surface area contributed by atoms with Gasteiger partial charge in [0.15, 0.2) is 0 Å². The maximum absolute atomic E-state index is 12.7. The molecule has 5 heteroatoms. The molecular weight excluding hydrogens is 300 g/mol. The molecule has 108 valence electrons.